The molecule has 3 N–H and O–H groups in total. The lowest BCUT2D eigenvalue weighted by molar-refractivity contribution is -0.143. The van der Waals surface area contributed by atoms with Crippen LogP contribution in [0.15, 0.2) is 23.1 Å². The Morgan fingerprint density at radius 1 is 1.34 bits per heavy atom. The van der Waals surface area contributed by atoms with E-state index in [9.17, 15) is 28.2 Å². The van der Waals surface area contributed by atoms with Gasteiger partial charge in [0.1, 0.15) is 10.9 Å². The van der Waals surface area contributed by atoms with Gasteiger partial charge in [0.05, 0.1) is 22.2 Å². The second-order valence-electron chi connectivity index (χ2n) is 7.57. The van der Waals surface area contributed by atoms with E-state index >= 15 is 0 Å². The molecule has 0 bridgehead atoms. The zero-order valence-electron chi connectivity index (χ0n) is 17.5. The number of sulfonamides is 1. The lowest BCUT2D eigenvalue weighted by Gasteiger charge is -2.32. The molecule has 1 aromatic carbocycles. The second-order valence-corrected chi connectivity index (χ2v) is 10.8. The number of carbonyl (C=O) groups is 2. The van der Waals surface area contributed by atoms with Crippen LogP contribution < -0.4 is 5.32 Å². The van der Waals surface area contributed by atoms with E-state index in [-0.39, 0.29) is 15.8 Å². The summed E-state index contributed by atoms with van der Waals surface area (Å²) in [7, 11) is -4.35. The maximum atomic E-state index is 13.7. The van der Waals surface area contributed by atoms with Gasteiger partial charge in [-0.1, -0.05) is 41.8 Å². The SMILES string of the molecule is CC(=O)Nc1nc(C)c(-c2ccc(Cl)c(S(=O)(=O)N(C3CCCC3)C(CO)C(=O)O)c2)s1. The Morgan fingerprint density at radius 3 is 2.56 bits per heavy atom. The molecule has 1 saturated carbocycles. The number of nitrogens with one attached hydrogen (secondary N) is 1. The van der Waals surface area contributed by atoms with E-state index in [0.29, 0.717) is 34.1 Å². The zero-order chi connectivity index (χ0) is 23.6. The van der Waals surface area contributed by atoms with Crippen LogP contribution in [-0.4, -0.2) is 58.5 Å². The number of aryl methyl sites for hydroxylation is 1. The molecule has 3 rings (SSSR count). The van der Waals surface area contributed by atoms with E-state index in [1.165, 1.54) is 30.4 Å². The Morgan fingerprint density at radius 2 is 2.00 bits per heavy atom. The van der Waals surface area contributed by atoms with Crippen molar-refractivity contribution in [2.24, 2.45) is 0 Å². The smallest absolute Gasteiger partial charge is 0.324 e. The van der Waals surface area contributed by atoms with Gasteiger partial charge in [-0.25, -0.2) is 13.4 Å². The first-order valence-electron chi connectivity index (χ1n) is 9.98. The van der Waals surface area contributed by atoms with Crippen LogP contribution in [-0.2, 0) is 19.6 Å². The summed E-state index contributed by atoms with van der Waals surface area (Å²) in [4.78, 5) is 27.8. The Hall–Kier alpha value is -2.05. The number of aliphatic hydroxyl groups is 1. The molecule has 1 aliphatic rings. The van der Waals surface area contributed by atoms with Crippen molar-refractivity contribution < 1.29 is 28.2 Å². The number of halogens is 1. The third-order valence-corrected chi connectivity index (χ3v) is 8.84. The van der Waals surface area contributed by atoms with Crippen molar-refractivity contribution in [1.29, 1.82) is 0 Å². The Kier molecular flexibility index (Phi) is 7.56. The Labute approximate surface area is 195 Å². The summed E-state index contributed by atoms with van der Waals surface area (Å²) in [5.41, 5.74) is 1.11. The lowest BCUT2D eigenvalue weighted by atomic mass is 10.2. The monoisotopic (exact) mass is 501 g/mol. The lowest BCUT2D eigenvalue weighted by Crippen LogP contribution is -2.51. The van der Waals surface area contributed by atoms with E-state index in [1.54, 1.807) is 13.0 Å². The first-order chi connectivity index (χ1) is 15.1. The molecular formula is C20H24ClN3O6S2. The number of anilines is 1. The maximum absolute atomic E-state index is 13.7. The quantitative estimate of drug-likeness (QED) is 0.505. The third-order valence-electron chi connectivity index (χ3n) is 5.28. The van der Waals surface area contributed by atoms with Crippen LogP contribution in [0.3, 0.4) is 0 Å². The molecule has 1 fully saturated rings. The highest BCUT2D eigenvalue weighted by atomic mass is 35.5. The van der Waals surface area contributed by atoms with Gasteiger partial charge in [0, 0.05) is 13.0 Å². The number of hydrogen-bond acceptors (Lipinski definition) is 7. The van der Waals surface area contributed by atoms with Crippen molar-refractivity contribution in [1.82, 2.24) is 9.29 Å². The number of rotatable bonds is 8. The minimum atomic E-state index is -4.35. The van der Waals surface area contributed by atoms with E-state index in [2.05, 4.69) is 10.3 Å². The number of amides is 1. The number of thiazole rings is 1. The standard InChI is InChI=1S/C20H24ClN3O6S2/c1-11-18(31-20(22-11)23-12(2)26)13-7-8-15(21)17(9-13)32(29,30)24(14-5-3-4-6-14)16(10-25)19(27)28/h7-9,14,16,25H,3-6,10H2,1-2H3,(H,27,28)(H,22,23,26). The number of carbonyl (C=O) groups excluding carboxylic acids is 1. The molecule has 0 radical (unpaired) electrons. The molecule has 1 unspecified atom stereocenters. The number of hydrogen-bond donors (Lipinski definition) is 3. The predicted octanol–water partition coefficient (Wildman–Crippen LogP) is 3.11. The van der Waals surface area contributed by atoms with Gasteiger partial charge < -0.3 is 15.5 Å². The van der Waals surface area contributed by atoms with Gasteiger partial charge in [0.2, 0.25) is 15.9 Å². The van der Waals surface area contributed by atoms with Crippen LogP contribution in [0.25, 0.3) is 10.4 Å². The fourth-order valence-electron chi connectivity index (χ4n) is 3.87. The summed E-state index contributed by atoms with van der Waals surface area (Å²) in [6.45, 7) is 2.24. The first kappa shape index (κ1) is 24.6. The molecule has 1 atom stereocenters. The van der Waals surface area contributed by atoms with Crippen molar-refractivity contribution >= 4 is 50.0 Å². The van der Waals surface area contributed by atoms with Crippen molar-refractivity contribution in [3.63, 3.8) is 0 Å². The molecule has 0 saturated heterocycles. The third kappa shape index (κ3) is 4.96. The average Bonchev–Trinajstić information content (AvgIpc) is 3.35. The van der Waals surface area contributed by atoms with Gasteiger partial charge in [-0.15, -0.1) is 0 Å². The topological polar surface area (TPSA) is 137 Å². The molecule has 12 heteroatoms. The number of carboxylic acids is 1. The number of aliphatic hydroxyl groups excluding tert-OH is 1. The molecule has 9 nitrogen and oxygen atoms in total. The number of benzene rings is 1. The molecule has 174 valence electrons. The fraction of sp³-hybridized carbons (Fsp3) is 0.450. The van der Waals surface area contributed by atoms with Crippen molar-refractivity contribution in [2.75, 3.05) is 11.9 Å². The summed E-state index contributed by atoms with van der Waals surface area (Å²) >= 11 is 7.46. The van der Waals surface area contributed by atoms with Gasteiger partial charge in [-0.05, 0) is 37.5 Å². The van der Waals surface area contributed by atoms with Crippen molar-refractivity contribution in [3.05, 3.63) is 28.9 Å². The van der Waals surface area contributed by atoms with E-state index < -0.39 is 34.7 Å². The first-order valence-corrected chi connectivity index (χ1v) is 12.6. The summed E-state index contributed by atoms with van der Waals surface area (Å²) in [5, 5.41) is 22.2. The molecule has 1 aromatic heterocycles. The molecule has 32 heavy (non-hydrogen) atoms. The largest absolute Gasteiger partial charge is 0.480 e. The van der Waals surface area contributed by atoms with E-state index in [0.717, 1.165) is 17.1 Å². The highest BCUT2D eigenvalue weighted by molar-refractivity contribution is 7.89. The van der Waals surface area contributed by atoms with Crippen molar-refractivity contribution in [2.45, 2.75) is 56.5 Å². The highest BCUT2D eigenvalue weighted by Gasteiger charge is 2.42. The Balaban J connectivity index is 2.10. The van der Waals surface area contributed by atoms with Gasteiger partial charge in [-0.2, -0.15) is 4.31 Å². The van der Waals surface area contributed by atoms with Crippen LogP contribution in [0.1, 0.15) is 38.3 Å². The fourth-order valence-corrected chi connectivity index (χ4v) is 7.20. The van der Waals surface area contributed by atoms with Gasteiger partial charge in [0.25, 0.3) is 0 Å². The van der Waals surface area contributed by atoms with Gasteiger partial charge in [0.15, 0.2) is 5.13 Å². The Bertz CT molecular complexity index is 1130. The van der Waals surface area contributed by atoms with Crippen LogP contribution in [0, 0.1) is 6.92 Å². The molecular weight excluding hydrogens is 478 g/mol. The number of carboxylic acid groups (broad SMARTS) is 1. The summed E-state index contributed by atoms with van der Waals surface area (Å²) < 4.78 is 28.2. The predicted molar refractivity (Wildman–Crippen MR) is 121 cm³/mol. The maximum Gasteiger partial charge on any atom is 0.324 e. The molecule has 1 amide bonds. The van der Waals surface area contributed by atoms with Crippen LogP contribution in [0.4, 0.5) is 5.13 Å². The van der Waals surface area contributed by atoms with Crippen LogP contribution in [0.2, 0.25) is 5.02 Å². The van der Waals surface area contributed by atoms with E-state index in [1.807, 2.05) is 0 Å². The summed E-state index contributed by atoms with van der Waals surface area (Å²) in [6, 6.07) is 2.31. The van der Waals surface area contributed by atoms with Crippen LogP contribution in [0.5, 0.6) is 0 Å². The molecule has 0 aliphatic heterocycles. The minimum absolute atomic E-state index is 0.0527. The summed E-state index contributed by atoms with van der Waals surface area (Å²) in [5.74, 6) is -1.70. The summed E-state index contributed by atoms with van der Waals surface area (Å²) in [6.07, 6.45) is 2.56. The highest BCUT2D eigenvalue weighted by Crippen LogP contribution is 2.38. The van der Waals surface area contributed by atoms with Gasteiger partial charge in [-0.3, -0.25) is 9.59 Å². The number of nitrogens with zero attached hydrogens (tertiary/aromatic N) is 2. The average molecular weight is 502 g/mol. The number of aromatic nitrogens is 1. The van der Waals surface area contributed by atoms with Crippen LogP contribution >= 0.6 is 22.9 Å². The second kappa shape index (κ2) is 9.84. The normalized spacial score (nSPS) is 15.8. The molecule has 0 spiro atoms. The minimum Gasteiger partial charge on any atom is -0.480 e. The molecule has 1 aliphatic carbocycles. The zero-order valence-corrected chi connectivity index (χ0v) is 19.9. The number of aliphatic carboxylic acids is 1. The van der Waals surface area contributed by atoms with E-state index in [4.69, 9.17) is 11.6 Å². The van der Waals surface area contributed by atoms with Gasteiger partial charge >= 0.3 is 5.97 Å². The van der Waals surface area contributed by atoms with Crippen molar-refractivity contribution in [3.8, 4) is 10.4 Å². The molecule has 2 aromatic rings. The molecule has 1 heterocycles.